The number of aryl methyl sites for hydroxylation is 1. The van der Waals surface area contributed by atoms with E-state index in [-0.39, 0.29) is 22.7 Å². The van der Waals surface area contributed by atoms with Crippen LogP contribution in [0.2, 0.25) is 0 Å². The average molecular weight is 231 g/mol. The standard InChI is InChI=1S/C10H9N5O2/c1-4-2-3-5(17-4)7-12-6-8(13-7)14-10(11)15-9(6)16/h2-3H,1H3,(H4,11,12,13,14,15,16). The topological polar surface area (TPSA) is 114 Å². The third-order valence-corrected chi connectivity index (χ3v) is 2.35. The van der Waals surface area contributed by atoms with E-state index in [0.29, 0.717) is 11.6 Å². The van der Waals surface area contributed by atoms with Crippen LogP contribution in [0.5, 0.6) is 0 Å². The number of nitrogens with one attached hydrogen (secondary N) is 2. The summed E-state index contributed by atoms with van der Waals surface area (Å²) in [5.41, 5.74) is 5.63. The van der Waals surface area contributed by atoms with Crippen LogP contribution >= 0.6 is 0 Å². The SMILES string of the molecule is Cc1ccc(-c2nc3nc(N)[nH]c(=O)c3[nH]2)o1. The highest BCUT2D eigenvalue weighted by Crippen LogP contribution is 2.20. The predicted octanol–water partition coefficient (Wildman–Crippen LogP) is 0.797. The average Bonchev–Trinajstić information content (AvgIpc) is 2.83. The van der Waals surface area contributed by atoms with E-state index in [0.717, 1.165) is 5.76 Å². The minimum absolute atomic E-state index is 0.0381. The molecule has 0 aliphatic heterocycles. The molecule has 7 nitrogen and oxygen atoms in total. The fourth-order valence-corrected chi connectivity index (χ4v) is 1.60. The smallest absolute Gasteiger partial charge is 0.278 e. The Morgan fingerprint density at radius 1 is 1.29 bits per heavy atom. The highest BCUT2D eigenvalue weighted by atomic mass is 16.3. The summed E-state index contributed by atoms with van der Waals surface area (Å²) < 4.78 is 5.40. The first kappa shape index (κ1) is 9.64. The zero-order chi connectivity index (χ0) is 12.0. The molecule has 4 N–H and O–H groups in total. The number of aromatic nitrogens is 4. The molecule has 0 unspecified atom stereocenters. The first-order valence-electron chi connectivity index (χ1n) is 4.96. The molecular weight excluding hydrogens is 222 g/mol. The largest absolute Gasteiger partial charge is 0.458 e. The van der Waals surface area contributed by atoms with Crippen LogP contribution in [0.1, 0.15) is 5.76 Å². The summed E-state index contributed by atoms with van der Waals surface area (Å²) in [6, 6.07) is 3.58. The molecule has 86 valence electrons. The fraction of sp³-hybridized carbons (Fsp3) is 0.100. The third-order valence-electron chi connectivity index (χ3n) is 2.35. The lowest BCUT2D eigenvalue weighted by Gasteiger charge is -1.89. The van der Waals surface area contributed by atoms with Crippen molar-refractivity contribution in [3.05, 3.63) is 28.2 Å². The Hall–Kier alpha value is -2.57. The summed E-state index contributed by atoms with van der Waals surface area (Å²) in [7, 11) is 0. The highest BCUT2D eigenvalue weighted by molar-refractivity contribution is 5.74. The van der Waals surface area contributed by atoms with Gasteiger partial charge in [-0.1, -0.05) is 0 Å². The number of fused-ring (bicyclic) bond motifs is 1. The monoisotopic (exact) mass is 231 g/mol. The number of nitrogen functional groups attached to an aromatic ring is 1. The Morgan fingerprint density at radius 2 is 2.12 bits per heavy atom. The number of nitrogens with zero attached hydrogens (tertiary/aromatic N) is 2. The molecule has 0 amide bonds. The van der Waals surface area contributed by atoms with Gasteiger partial charge in [0.05, 0.1) is 0 Å². The molecule has 0 aliphatic carbocycles. The number of rotatable bonds is 1. The zero-order valence-corrected chi connectivity index (χ0v) is 8.94. The molecule has 0 aromatic carbocycles. The molecule has 0 saturated heterocycles. The Kier molecular flexibility index (Phi) is 1.82. The van der Waals surface area contributed by atoms with Crippen LogP contribution in [-0.4, -0.2) is 19.9 Å². The molecule has 17 heavy (non-hydrogen) atoms. The lowest BCUT2D eigenvalue weighted by Crippen LogP contribution is -2.10. The van der Waals surface area contributed by atoms with E-state index in [1.165, 1.54) is 0 Å². The molecule has 0 aliphatic rings. The number of aromatic amines is 2. The molecule has 7 heteroatoms. The second kappa shape index (κ2) is 3.21. The Labute approximate surface area is 94.7 Å². The van der Waals surface area contributed by atoms with E-state index in [1.807, 2.05) is 13.0 Å². The minimum Gasteiger partial charge on any atom is -0.458 e. The van der Waals surface area contributed by atoms with E-state index in [2.05, 4.69) is 19.9 Å². The summed E-state index contributed by atoms with van der Waals surface area (Å²) in [5, 5.41) is 0. The lowest BCUT2D eigenvalue weighted by molar-refractivity contribution is 0.545. The van der Waals surface area contributed by atoms with E-state index >= 15 is 0 Å². The van der Waals surface area contributed by atoms with Crippen molar-refractivity contribution >= 4 is 17.1 Å². The number of nitrogens with two attached hydrogens (primary N) is 1. The van der Waals surface area contributed by atoms with Crippen LogP contribution < -0.4 is 11.3 Å². The minimum atomic E-state index is -0.352. The molecular formula is C10H9N5O2. The second-order valence-electron chi connectivity index (χ2n) is 3.65. The number of anilines is 1. The van der Waals surface area contributed by atoms with E-state index in [4.69, 9.17) is 10.2 Å². The van der Waals surface area contributed by atoms with Gasteiger partial charge >= 0.3 is 0 Å². The maximum Gasteiger partial charge on any atom is 0.278 e. The van der Waals surface area contributed by atoms with Crippen LogP contribution in [0.25, 0.3) is 22.7 Å². The molecule has 0 atom stereocenters. The van der Waals surface area contributed by atoms with Crippen molar-refractivity contribution in [1.82, 2.24) is 19.9 Å². The molecule has 3 aromatic heterocycles. The Balaban J connectivity index is 2.27. The van der Waals surface area contributed by atoms with Crippen molar-refractivity contribution in [3.8, 4) is 11.6 Å². The van der Waals surface area contributed by atoms with Gasteiger partial charge in [-0.3, -0.25) is 9.78 Å². The first-order chi connectivity index (χ1) is 8.13. The molecule has 3 aromatic rings. The summed E-state index contributed by atoms with van der Waals surface area (Å²) in [6.07, 6.45) is 0. The maximum absolute atomic E-state index is 11.6. The van der Waals surface area contributed by atoms with Gasteiger partial charge in [-0.2, -0.15) is 4.98 Å². The predicted molar refractivity (Wildman–Crippen MR) is 61.4 cm³/mol. The van der Waals surface area contributed by atoms with Crippen LogP contribution in [0, 0.1) is 6.92 Å². The molecule has 0 spiro atoms. The van der Waals surface area contributed by atoms with Crippen LogP contribution in [0.15, 0.2) is 21.3 Å². The summed E-state index contributed by atoms with van der Waals surface area (Å²) in [6.45, 7) is 1.83. The van der Waals surface area contributed by atoms with E-state index in [1.54, 1.807) is 6.07 Å². The molecule has 0 saturated carbocycles. The quantitative estimate of drug-likeness (QED) is 0.573. The van der Waals surface area contributed by atoms with Gasteiger partial charge in [0.1, 0.15) is 5.76 Å². The summed E-state index contributed by atoms with van der Waals surface area (Å²) in [4.78, 5) is 24.9. The molecule has 3 rings (SSSR count). The van der Waals surface area contributed by atoms with Crippen molar-refractivity contribution in [2.75, 3.05) is 5.73 Å². The van der Waals surface area contributed by atoms with Crippen LogP contribution in [-0.2, 0) is 0 Å². The van der Waals surface area contributed by atoms with Crippen molar-refractivity contribution in [3.63, 3.8) is 0 Å². The third kappa shape index (κ3) is 1.48. The lowest BCUT2D eigenvalue weighted by atomic mass is 10.4. The van der Waals surface area contributed by atoms with E-state index in [9.17, 15) is 4.79 Å². The molecule has 0 radical (unpaired) electrons. The van der Waals surface area contributed by atoms with Crippen molar-refractivity contribution in [2.45, 2.75) is 6.92 Å². The second-order valence-corrected chi connectivity index (χ2v) is 3.65. The zero-order valence-electron chi connectivity index (χ0n) is 8.94. The van der Waals surface area contributed by atoms with Crippen molar-refractivity contribution in [1.29, 1.82) is 0 Å². The molecule has 0 bridgehead atoms. The van der Waals surface area contributed by atoms with Crippen molar-refractivity contribution in [2.24, 2.45) is 0 Å². The Morgan fingerprint density at radius 3 is 2.82 bits per heavy atom. The van der Waals surface area contributed by atoms with Gasteiger partial charge in [0.15, 0.2) is 22.7 Å². The van der Waals surface area contributed by atoms with E-state index < -0.39 is 0 Å². The van der Waals surface area contributed by atoms with Crippen molar-refractivity contribution < 1.29 is 4.42 Å². The van der Waals surface area contributed by atoms with Crippen LogP contribution in [0.3, 0.4) is 0 Å². The maximum atomic E-state index is 11.6. The number of imidazole rings is 1. The normalized spacial score (nSPS) is 11.1. The van der Waals surface area contributed by atoms with Gasteiger partial charge in [-0.15, -0.1) is 0 Å². The van der Waals surface area contributed by atoms with Crippen LogP contribution in [0.4, 0.5) is 5.95 Å². The Bertz CT molecular complexity index is 751. The van der Waals surface area contributed by atoms with Gasteiger partial charge in [0.25, 0.3) is 5.56 Å². The molecule has 0 fully saturated rings. The summed E-state index contributed by atoms with van der Waals surface area (Å²) in [5.74, 6) is 1.81. The number of H-pyrrole nitrogens is 2. The first-order valence-corrected chi connectivity index (χ1v) is 4.96. The van der Waals surface area contributed by atoms with Gasteiger partial charge in [0.2, 0.25) is 5.95 Å². The van der Waals surface area contributed by atoms with Gasteiger partial charge in [0, 0.05) is 0 Å². The van der Waals surface area contributed by atoms with Gasteiger partial charge < -0.3 is 15.1 Å². The number of hydrogen-bond acceptors (Lipinski definition) is 5. The number of furan rings is 1. The highest BCUT2D eigenvalue weighted by Gasteiger charge is 2.12. The fourth-order valence-electron chi connectivity index (χ4n) is 1.60. The summed E-state index contributed by atoms with van der Waals surface area (Å²) >= 11 is 0. The molecule has 3 heterocycles. The van der Waals surface area contributed by atoms with Gasteiger partial charge in [-0.05, 0) is 19.1 Å². The number of hydrogen-bond donors (Lipinski definition) is 3. The van der Waals surface area contributed by atoms with Gasteiger partial charge in [-0.25, -0.2) is 4.98 Å².